The van der Waals surface area contributed by atoms with Crippen LogP contribution in [-0.2, 0) is 4.79 Å². The van der Waals surface area contributed by atoms with Crippen molar-refractivity contribution >= 4 is 17.6 Å². The van der Waals surface area contributed by atoms with Crippen LogP contribution in [0.15, 0.2) is 42.5 Å². The van der Waals surface area contributed by atoms with Gasteiger partial charge in [-0.2, -0.15) is 0 Å². The molecular formula is C19H21N3O4. The average molecular weight is 355 g/mol. The van der Waals surface area contributed by atoms with E-state index < -0.39 is 0 Å². The van der Waals surface area contributed by atoms with Crippen LogP contribution in [0.5, 0.6) is 11.5 Å². The van der Waals surface area contributed by atoms with Gasteiger partial charge in [0.1, 0.15) is 29.1 Å². The molecule has 1 saturated heterocycles. The minimum Gasteiger partial charge on any atom is -0.508 e. The van der Waals surface area contributed by atoms with Crippen molar-refractivity contribution in [3.63, 3.8) is 0 Å². The molecule has 0 bridgehead atoms. The topological polar surface area (TPSA) is 91.8 Å². The van der Waals surface area contributed by atoms with Crippen LogP contribution in [-0.4, -0.2) is 46.0 Å². The molecule has 7 nitrogen and oxygen atoms in total. The van der Waals surface area contributed by atoms with E-state index in [1.807, 2.05) is 0 Å². The van der Waals surface area contributed by atoms with Gasteiger partial charge in [-0.15, -0.1) is 0 Å². The minimum atomic E-state index is -0.230. The quantitative estimate of drug-likeness (QED) is 0.879. The fraction of sp³-hybridized carbons (Fsp3) is 0.316. The standard InChI is InChI=1S/C19H21N3O4/c1-13(23)20-18-7-3-6-17(21-18)19(25)22-10-8-15(9-11-22)26-16-5-2-4-14(24)12-16/h2-7,12,15,24H,8-11H2,1H3,(H,20,21,23). The van der Waals surface area contributed by atoms with Crippen molar-refractivity contribution in [2.24, 2.45) is 0 Å². The molecule has 1 aromatic heterocycles. The van der Waals surface area contributed by atoms with Crippen LogP contribution >= 0.6 is 0 Å². The van der Waals surface area contributed by atoms with Gasteiger partial charge in [-0.3, -0.25) is 9.59 Å². The van der Waals surface area contributed by atoms with E-state index in [0.717, 1.165) is 0 Å². The largest absolute Gasteiger partial charge is 0.508 e. The molecule has 1 aliphatic rings. The van der Waals surface area contributed by atoms with Gasteiger partial charge in [-0.05, 0) is 24.3 Å². The maximum atomic E-state index is 12.6. The molecule has 0 radical (unpaired) electrons. The van der Waals surface area contributed by atoms with Gasteiger partial charge in [0.2, 0.25) is 5.91 Å². The van der Waals surface area contributed by atoms with Crippen LogP contribution < -0.4 is 10.1 Å². The van der Waals surface area contributed by atoms with Gasteiger partial charge in [0.05, 0.1) is 0 Å². The van der Waals surface area contributed by atoms with E-state index in [9.17, 15) is 14.7 Å². The van der Waals surface area contributed by atoms with Crippen LogP contribution in [0.25, 0.3) is 0 Å². The molecule has 7 heteroatoms. The summed E-state index contributed by atoms with van der Waals surface area (Å²) in [5, 5.41) is 12.1. The predicted molar refractivity (Wildman–Crippen MR) is 96.2 cm³/mol. The minimum absolute atomic E-state index is 0.000442. The van der Waals surface area contributed by atoms with Gasteiger partial charge < -0.3 is 20.1 Å². The lowest BCUT2D eigenvalue weighted by Gasteiger charge is -2.32. The fourth-order valence-corrected chi connectivity index (χ4v) is 2.89. The number of carbonyl (C=O) groups is 2. The Hall–Kier alpha value is -3.09. The number of aromatic hydroxyl groups is 1. The summed E-state index contributed by atoms with van der Waals surface area (Å²) < 4.78 is 5.87. The molecule has 0 saturated carbocycles. The summed E-state index contributed by atoms with van der Waals surface area (Å²) in [7, 11) is 0. The lowest BCUT2D eigenvalue weighted by molar-refractivity contribution is -0.114. The molecule has 26 heavy (non-hydrogen) atoms. The van der Waals surface area contributed by atoms with Gasteiger partial charge in [-0.1, -0.05) is 12.1 Å². The Morgan fingerprint density at radius 2 is 1.92 bits per heavy atom. The zero-order chi connectivity index (χ0) is 18.5. The summed E-state index contributed by atoms with van der Waals surface area (Å²) in [5.41, 5.74) is 0.309. The summed E-state index contributed by atoms with van der Waals surface area (Å²) in [5.74, 6) is 0.769. The number of piperidine rings is 1. The van der Waals surface area contributed by atoms with Crippen molar-refractivity contribution < 1.29 is 19.4 Å². The lowest BCUT2D eigenvalue weighted by Crippen LogP contribution is -2.42. The van der Waals surface area contributed by atoms with Gasteiger partial charge in [0.15, 0.2) is 0 Å². The number of benzene rings is 1. The molecule has 2 amide bonds. The molecule has 2 aromatic rings. The van der Waals surface area contributed by atoms with Crippen molar-refractivity contribution in [2.75, 3.05) is 18.4 Å². The Labute approximate surface area is 151 Å². The summed E-state index contributed by atoms with van der Waals surface area (Å²) in [6.07, 6.45) is 1.40. The number of phenols is 1. The molecule has 0 unspecified atom stereocenters. The normalized spacial score (nSPS) is 14.7. The molecule has 0 spiro atoms. The molecule has 1 aromatic carbocycles. The second-order valence-corrected chi connectivity index (χ2v) is 6.20. The molecule has 136 valence electrons. The number of nitrogens with zero attached hydrogens (tertiary/aromatic N) is 2. The van der Waals surface area contributed by atoms with Crippen LogP contribution in [0.1, 0.15) is 30.3 Å². The molecule has 0 aliphatic carbocycles. The van der Waals surface area contributed by atoms with Crippen LogP contribution in [0, 0.1) is 0 Å². The van der Waals surface area contributed by atoms with Gasteiger partial charge in [0.25, 0.3) is 5.91 Å². The first-order valence-corrected chi connectivity index (χ1v) is 8.51. The number of rotatable bonds is 4. The van der Waals surface area contributed by atoms with Crippen LogP contribution in [0.2, 0.25) is 0 Å². The van der Waals surface area contributed by atoms with Crippen molar-refractivity contribution in [2.45, 2.75) is 25.9 Å². The summed E-state index contributed by atoms with van der Waals surface area (Å²) in [4.78, 5) is 29.7. The number of carbonyl (C=O) groups excluding carboxylic acids is 2. The second kappa shape index (κ2) is 7.86. The third-order valence-electron chi connectivity index (χ3n) is 4.12. The monoisotopic (exact) mass is 355 g/mol. The third-order valence-corrected chi connectivity index (χ3v) is 4.12. The second-order valence-electron chi connectivity index (χ2n) is 6.20. The first-order valence-electron chi connectivity index (χ1n) is 8.51. The molecule has 2 N–H and O–H groups in total. The number of nitrogens with one attached hydrogen (secondary N) is 1. The average Bonchev–Trinajstić information content (AvgIpc) is 2.61. The number of hydrogen-bond donors (Lipinski definition) is 2. The number of aromatic nitrogens is 1. The SMILES string of the molecule is CC(=O)Nc1cccc(C(=O)N2CCC(Oc3cccc(O)c3)CC2)n1. The molecule has 2 heterocycles. The zero-order valence-corrected chi connectivity index (χ0v) is 14.5. The van der Waals surface area contributed by atoms with Gasteiger partial charge >= 0.3 is 0 Å². The van der Waals surface area contributed by atoms with Gasteiger partial charge in [-0.25, -0.2) is 4.98 Å². The summed E-state index contributed by atoms with van der Waals surface area (Å²) in [6, 6.07) is 11.7. The number of pyridine rings is 1. The smallest absolute Gasteiger partial charge is 0.272 e. The summed E-state index contributed by atoms with van der Waals surface area (Å²) >= 11 is 0. The Balaban J connectivity index is 1.57. The van der Waals surface area contributed by atoms with E-state index in [4.69, 9.17) is 4.74 Å². The Kier molecular flexibility index (Phi) is 5.36. The van der Waals surface area contributed by atoms with Crippen LogP contribution in [0.4, 0.5) is 5.82 Å². The van der Waals surface area contributed by atoms with E-state index in [1.54, 1.807) is 47.4 Å². The maximum absolute atomic E-state index is 12.6. The highest BCUT2D eigenvalue weighted by Gasteiger charge is 2.25. The zero-order valence-electron chi connectivity index (χ0n) is 14.5. The fourth-order valence-electron chi connectivity index (χ4n) is 2.89. The van der Waals surface area contributed by atoms with Crippen molar-refractivity contribution in [1.82, 2.24) is 9.88 Å². The van der Waals surface area contributed by atoms with E-state index >= 15 is 0 Å². The van der Waals surface area contributed by atoms with E-state index in [1.165, 1.54) is 6.92 Å². The van der Waals surface area contributed by atoms with Crippen molar-refractivity contribution in [1.29, 1.82) is 0 Å². The Bertz CT molecular complexity index is 801. The molecule has 1 aliphatic heterocycles. The third kappa shape index (κ3) is 4.50. The van der Waals surface area contributed by atoms with E-state index in [-0.39, 0.29) is 23.7 Å². The highest BCUT2D eigenvalue weighted by Crippen LogP contribution is 2.23. The summed E-state index contributed by atoms with van der Waals surface area (Å²) in [6.45, 7) is 2.52. The van der Waals surface area contributed by atoms with E-state index in [0.29, 0.717) is 43.2 Å². The van der Waals surface area contributed by atoms with E-state index in [2.05, 4.69) is 10.3 Å². The Morgan fingerprint density at radius 1 is 1.19 bits per heavy atom. The Morgan fingerprint density at radius 3 is 2.62 bits per heavy atom. The molecule has 0 atom stereocenters. The number of phenolic OH excluding ortho intramolecular Hbond substituents is 1. The van der Waals surface area contributed by atoms with Gasteiger partial charge in [0, 0.05) is 38.9 Å². The lowest BCUT2D eigenvalue weighted by atomic mass is 10.1. The van der Waals surface area contributed by atoms with Crippen molar-refractivity contribution in [3.8, 4) is 11.5 Å². The molecule has 3 rings (SSSR count). The first kappa shape index (κ1) is 17.7. The number of likely N-dealkylation sites (tertiary alicyclic amines) is 1. The molecular weight excluding hydrogens is 334 g/mol. The number of hydrogen-bond acceptors (Lipinski definition) is 5. The number of amides is 2. The number of ether oxygens (including phenoxy) is 1. The maximum Gasteiger partial charge on any atom is 0.272 e. The molecule has 1 fully saturated rings. The number of anilines is 1. The predicted octanol–water partition coefficient (Wildman–Crippen LogP) is 2.43. The highest BCUT2D eigenvalue weighted by molar-refractivity contribution is 5.93. The first-order chi connectivity index (χ1) is 12.5. The van der Waals surface area contributed by atoms with Crippen molar-refractivity contribution in [3.05, 3.63) is 48.2 Å². The highest BCUT2D eigenvalue weighted by atomic mass is 16.5. The van der Waals surface area contributed by atoms with Crippen LogP contribution in [0.3, 0.4) is 0 Å².